The van der Waals surface area contributed by atoms with Crippen LogP contribution in [0.1, 0.15) is 23.5 Å². The SMILES string of the molecule is Fc1cnc(N2CCC(c3ccccc3)C2)c(CCl)c1. The second kappa shape index (κ2) is 5.80. The number of alkyl halides is 1. The first-order valence-corrected chi connectivity index (χ1v) is 7.31. The summed E-state index contributed by atoms with van der Waals surface area (Å²) in [5.74, 6) is 1.28. The molecule has 1 aliphatic heterocycles. The molecule has 4 heteroatoms. The van der Waals surface area contributed by atoms with Crippen molar-refractivity contribution < 1.29 is 4.39 Å². The maximum atomic E-state index is 13.2. The van der Waals surface area contributed by atoms with E-state index in [9.17, 15) is 4.39 Å². The lowest BCUT2D eigenvalue weighted by atomic mass is 9.99. The highest BCUT2D eigenvalue weighted by Crippen LogP contribution is 2.31. The van der Waals surface area contributed by atoms with Crippen molar-refractivity contribution in [2.24, 2.45) is 0 Å². The van der Waals surface area contributed by atoms with Gasteiger partial charge in [-0.2, -0.15) is 0 Å². The van der Waals surface area contributed by atoms with E-state index in [4.69, 9.17) is 11.6 Å². The van der Waals surface area contributed by atoms with Crippen LogP contribution in [0.25, 0.3) is 0 Å². The van der Waals surface area contributed by atoms with Crippen LogP contribution in [0.5, 0.6) is 0 Å². The van der Waals surface area contributed by atoms with Gasteiger partial charge in [-0.05, 0) is 18.1 Å². The van der Waals surface area contributed by atoms with E-state index < -0.39 is 0 Å². The Labute approximate surface area is 123 Å². The summed E-state index contributed by atoms with van der Waals surface area (Å²) in [4.78, 5) is 6.43. The predicted molar refractivity (Wildman–Crippen MR) is 79.8 cm³/mol. The van der Waals surface area contributed by atoms with E-state index >= 15 is 0 Å². The number of anilines is 1. The Balaban J connectivity index is 1.81. The van der Waals surface area contributed by atoms with Gasteiger partial charge in [0.05, 0.1) is 12.1 Å². The molecule has 3 rings (SSSR count). The maximum Gasteiger partial charge on any atom is 0.141 e. The molecule has 0 saturated carbocycles. The highest BCUT2D eigenvalue weighted by atomic mass is 35.5. The van der Waals surface area contributed by atoms with Crippen LogP contribution in [-0.2, 0) is 5.88 Å². The largest absolute Gasteiger partial charge is 0.356 e. The molecule has 1 saturated heterocycles. The van der Waals surface area contributed by atoms with Crippen LogP contribution < -0.4 is 4.90 Å². The minimum Gasteiger partial charge on any atom is -0.356 e. The molecular formula is C16H16ClFN2. The number of halogens is 2. The Bertz CT molecular complexity index is 588. The minimum atomic E-state index is -0.330. The van der Waals surface area contributed by atoms with Crippen molar-refractivity contribution in [2.45, 2.75) is 18.2 Å². The first-order valence-electron chi connectivity index (χ1n) is 6.78. The Morgan fingerprint density at radius 2 is 2.10 bits per heavy atom. The van der Waals surface area contributed by atoms with Crippen LogP contribution in [0.3, 0.4) is 0 Å². The molecule has 1 atom stereocenters. The third-order valence-electron chi connectivity index (χ3n) is 3.81. The molecule has 2 aromatic rings. The topological polar surface area (TPSA) is 16.1 Å². The second-order valence-corrected chi connectivity index (χ2v) is 5.38. The number of benzene rings is 1. The van der Waals surface area contributed by atoms with Gasteiger partial charge in [0.1, 0.15) is 11.6 Å². The molecule has 2 nitrogen and oxygen atoms in total. The zero-order valence-corrected chi connectivity index (χ0v) is 11.9. The monoisotopic (exact) mass is 290 g/mol. The van der Waals surface area contributed by atoms with E-state index in [1.165, 1.54) is 17.8 Å². The summed E-state index contributed by atoms with van der Waals surface area (Å²) in [6, 6.07) is 12.0. The van der Waals surface area contributed by atoms with Gasteiger partial charge in [-0.3, -0.25) is 0 Å². The first kappa shape index (κ1) is 13.4. The van der Waals surface area contributed by atoms with Gasteiger partial charge in [0, 0.05) is 24.6 Å². The molecule has 0 radical (unpaired) electrons. The molecule has 0 N–H and O–H groups in total. The molecule has 1 aromatic heterocycles. The fourth-order valence-electron chi connectivity index (χ4n) is 2.81. The summed E-state index contributed by atoms with van der Waals surface area (Å²) in [7, 11) is 0. The zero-order chi connectivity index (χ0) is 13.9. The fourth-order valence-corrected chi connectivity index (χ4v) is 3.00. The van der Waals surface area contributed by atoms with Gasteiger partial charge in [-0.15, -0.1) is 11.6 Å². The number of hydrogen-bond acceptors (Lipinski definition) is 2. The molecule has 0 amide bonds. The quantitative estimate of drug-likeness (QED) is 0.796. The van der Waals surface area contributed by atoms with Gasteiger partial charge in [-0.1, -0.05) is 30.3 Å². The Morgan fingerprint density at radius 1 is 1.30 bits per heavy atom. The van der Waals surface area contributed by atoms with Crippen molar-refractivity contribution in [2.75, 3.05) is 18.0 Å². The van der Waals surface area contributed by atoms with E-state index in [1.807, 2.05) is 6.07 Å². The molecule has 1 aliphatic rings. The molecule has 20 heavy (non-hydrogen) atoms. The van der Waals surface area contributed by atoms with E-state index in [0.29, 0.717) is 5.92 Å². The Kier molecular flexibility index (Phi) is 3.88. The number of aromatic nitrogens is 1. The summed E-state index contributed by atoms with van der Waals surface area (Å²) >= 11 is 5.90. The van der Waals surface area contributed by atoms with Crippen molar-refractivity contribution in [1.82, 2.24) is 4.98 Å². The van der Waals surface area contributed by atoms with Crippen LogP contribution >= 0.6 is 11.6 Å². The smallest absolute Gasteiger partial charge is 0.141 e. The van der Waals surface area contributed by atoms with Crippen LogP contribution in [0.4, 0.5) is 10.2 Å². The fraction of sp³-hybridized carbons (Fsp3) is 0.312. The number of rotatable bonds is 3. The summed E-state index contributed by atoms with van der Waals surface area (Å²) in [6.45, 7) is 1.84. The Morgan fingerprint density at radius 3 is 2.85 bits per heavy atom. The number of hydrogen-bond donors (Lipinski definition) is 0. The third-order valence-corrected chi connectivity index (χ3v) is 4.10. The average molecular weight is 291 g/mol. The standard InChI is InChI=1S/C16H16ClFN2/c17-9-14-8-15(18)10-19-16(14)20-7-6-13(11-20)12-4-2-1-3-5-12/h1-5,8,10,13H,6-7,9,11H2. The summed E-state index contributed by atoms with van der Waals surface area (Å²) in [5, 5.41) is 0. The lowest BCUT2D eigenvalue weighted by Gasteiger charge is -2.20. The lowest BCUT2D eigenvalue weighted by Crippen LogP contribution is -2.22. The first-order chi connectivity index (χ1) is 9.78. The molecule has 2 heterocycles. The van der Waals surface area contributed by atoms with Gasteiger partial charge in [0.2, 0.25) is 0 Å². The summed E-state index contributed by atoms with van der Waals surface area (Å²) in [6.07, 6.45) is 2.35. The highest BCUT2D eigenvalue weighted by molar-refractivity contribution is 6.17. The minimum absolute atomic E-state index is 0.284. The van der Waals surface area contributed by atoms with E-state index in [1.54, 1.807) is 0 Å². The lowest BCUT2D eigenvalue weighted by molar-refractivity contribution is 0.619. The Hall–Kier alpha value is -1.61. The van der Waals surface area contributed by atoms with Crippen molar-refractivity contribution >= 4 is 17.4 Å². The van der Waals surface area contributed by atoms with E-state index in [-0.39, 0.29) is 11.7 Å². The van der Waals surface area contributed by atoms with Crippen LogP contribution in [0.2, 0.25) is 0 Å². The molecule has 1 fully saturated rings. The molecule has 0 aliphatic carbocycles. The predicted octanol–water partition coefficient (Wildman–Crippen LogP) is 3.95. The molecule has 1 aromatic carbocycles. The van der Waals surface area contributed by atoms with Gasteiger partial charge in [-0.25, -0.2) is 9.37 Å². The maximum absolute atomic E-state index is 13.2. The van der Waals surface area contributed by atoms with Crippen LogP contribution in [-0.4, -0.2) is 18.1 Å². The van der Waals surface area contributed by atoms with Gasteiger partial charge >= 0.3 is 0 Å². The third kappa shape index (κ3) is 2.63. The van der Waals surface area contributed by atoms with Crippen molar-refractivity contribution in [3.05, 3.63) is 59.5 Å². The van der Waals surface area contributed by atoms with Crippen LogP contribution in [0.15, 0.2) is 42.6 Å². The highest BCUT2D eigenvalue weighted by Gasteiger charge is 2.26. The average Bonchev–Trinajstić information content (AvgIpc) is 2.97. The van der Waals surface area contributed by atoms with E-state index in [2.05, 4.69) is 34.1 Å². The van der Waals surface area contributed by atoms with Gasteiger partial charge in [0.15, 0.2) is 0 Å². The van der Waals surface area contributed by atoms with E-state index in [0.717, 1.165) is 30.9 Å². The number of nitrogens with zero attached hydrogens (tertiary/aromatic N) is 2. The second-order valence-electron chi connectivity index (χ2n) is 5.11. The summed E-state index contributed by atoms with van der Waals surface area (Å²) < 4.78 is 13.2. The van der Waals surface area contributed by atoms with Crippen molar-refractivity contribution in [3.8, 4) is 0 Å². The summed E-state index contributed by atoms with van der Waals surface area (Å²) in [5.41, 5.74) is 2.12. The molecule has 1 unspecified atom stereocenters. The van der Waals surface area contributed by atoms with Crippen LogP contribution in [0, 0.1) is 5.82 Å². The molecular weight excluding hydrogens is 275 g/mol. The van der Waals surface area contributed by atoms with Crippen molar-refractivity contribution in [1.29, 1.82) is 0 Å². The zero-order valence-electron chi connectivity index (χ0n) is 11.1. The molecule has 0 bridgehead atoms. The van der Waals surface area contributed by atoms with Gasteiger partial charge < -0.3 is 4.90 Å². The molecule has 0 spiro atoms. The van der Waals surface area contributed by atoms with Gasteiger partial charge in [0.25, 0.3) is 0 Å². The normalized spacial score (nSPS) is 18.5. The van der Waals surface area contributed by atoms with Crippen molar-refractivity contribution in [3.63, 3.8) is 0 Å². The number of pyridine rings is 1. The molecule has 104 valence electrons.